The van der Waals surface area contributed by atoms with E-state index in [0.717, 1.165) is 16.7 Å². The van der Waals surface area contributed by atoms with Crippen molar-refractivity contribution in [3.8, 4) is 11.5 Å². The number of nitrogens with one attached hydrogen (secondary N) is 1. The standard InChI is InChI=1S/C24H24N2O3/c1-17-8-10-19(11-9-17)16-29-22-13-12-20(14-23(22)28-3)15-25-26-24(27)21-7-5-4-6-18(21)2/h4-15H,16H2,1-3H3,(H,26,27)/b25-15+. The highest BCUT2D eigenvalue weighted by molar-refractivity contribution is 5.96. The van der Waals surface area contributed by atoms with Gasteiger partial charge in [-0.2, -0.15) is 5.10 Å². The number of hydrogen-bond acceptors (Lipinski definition) is 4. The van der Waals surface area contributed by atoms with E-state index in [9.17, 15) is 4.79 Å². The number of amides is 1. The van der Waals surface area contributed by atoms with Gasteiger partial charge in [-0.3, -0.25) is 4.79 Å². The van der Waals surface area contributed by atoms with E-state index in [1.54, 1.807) is 19.4 Å². The zero-order valence-corrected chi connectivity index (χ0v) is 16.8. The molecule has 3 rings (SSSR count). The molecule has 0 fully saturated rings. The van der Waals surface area contributed by atoms with Crippen LogP contribution < -0.4 is 14.9 Å². The number of ether oxygens (including phenoxy) is 2. The van der Waals surface area contributed by atoms with E-state index in [0.29, 0.717) is 23.7 Å². The van der Waals surface area contributed by atoms with Crippen LogP contribution in [0.15, 0.2) is 71.8 Å². The third kappa shape index (κ3) is 5.45. The van der Waals surface area contributed by atoms with Crippen LogP contribution in [-0.2, 0) is 6.61 Å². The lowest BCUT2D eigenvalue weighted by Crippen LogP contribution is -2.18. The Hall–Kier alpha value is -3.60. The van der Waals surface area contributed by atoms with Gasteiger partial charge < -0.3 is 9.47 Å². The van der Waals surface area contributed by atoms with Crippen LogP contribution in [0.1, 0.15) is 32.6 Å². The molecule has 0 saturated heterocycles. The monoisotopic (exact) mass is 388 g/mol. The fraction of sp³-hybridized carbons (Fsp3) is 0.167. The maximum atomic E-state index is 12.2. The molecule has 29 heavy (non-hydrogen) atoms. The second-order valence-electron chi connectivity index (χ2n) is 6.70. The lowest BCUT2D eigenvalue weighted by atomic mass is 10.1. The Morgan fingerprint density at radius 3 is 2.48 bits per heavy atom. The molecular formula is C24H24N2O3. The molecule has 1 N–H and O–H groups in total. The van der Waals surface area contributed by atoms with Gasteiger partial charge in [0.2, 0.25) is 0 Å². The number of carbonyl (C=O) groups excluding carboxylic acids is 1. The van der Waals surface area contributed by atoms with Gasteiger partial charge in [0.15, 0.2) is 11.5 Å². The Balaban J connectivity index is 1.63. The number of benzene rings is 3. The molecule has 0 aromatic heterocycles. The summed E-state index contributed by atoms with van der Waals surface area (Å²) in [5.41, 5.74) is 7.13. The SMILES string of the molecule is COc1cc(/C=N/NC(=O)c2ccccc2C)ccc1OCc1ccc(C)cc1. The van der Waals surface area contributed by atoms with E-state index in [1.165, 1.54) is 5.56 Å². The molecule has 0 aliphatic rings. The van der Waals surface area contributed by atoms with Crippen molar-refractivity contribution in [2.24, 2.45) is 5.10 Å². The van der Waals surface area contributed by atoms with Gasteiger partial charge in [-0.25, -0.2) is 5.43 Å². The van der Waals surface area contributed by atoms with Crippen LogP contribution in [0.2, 0.25) is 0 Å². The van der Waals surface area contributed by atoms with Crippen LogP contribution in [0.3, 0.4) is 0 Å². The van der Waals surface area contributed by atoms with Gasteiger partial charge in [-0.15, -0.1) is 0 Å². The summed E-state index contributed by atoms with van der Waals surface area (Å²) in [6.07, 6.45) is 1.57. The van der Waals surface area contributed by atoms with Crippen LogP contribution in [0.25, 0.3) is 0 Å². The van der Waals surface area contributed by atoms with Crippen molar-refractivity contribution < 1.29 is 14.3 Å². The smallest absolute Gasteiger partial charge is 0.271 e. The molecule has 0 unspecified atom stereocenters. The summed E-state index contributed by atoms with van der Waals surface area (Å²) in [4.78, 5) is 12.2. The minimum atomic E-state index is -0.246. The van der Waals surface area contributed by atoms with Crippen molar-refractivity contribution in [3.05, 3.63) is 94.5 Å². The van der Waals surface area contributed by atoms with Gasteiger partial charge in [0, 0.05) is 5.56 Å². The average molecular weight is 388 g/mol. The highest BCUT2D eigenvalue weighted by atomic mass is 16.5. The molecule has 148 valence electrons. The summed E-state index contributed by atoms with van der Waals surface area (Å²) < 4.78 is 11.3. The topological polar surface area (TPSA) is 59.9 Å². The first kappa shape index (κ1) is 20.1. The highest BCUT2D eigenvalue weighted by Crippen LogP contribution is 2.28. The first-order chi connectivity index (χ1) is 14.1. The van der Waals surface area contributed by atoms with Crippen molar-refractivity contribution >= 4 is 12.1 Å². The zero-order chi connectivity index (χ0) is 20.6. The quantitative estimate of drug-likeness (QED) is 0.473. The van der Waals surface area contributed by atoms with E-state index in [-0.39, 0.29) is 5.91 Å². The molecule has 3 aromatic rings. The van der Waals surface area contributed by atoms with Crippen molar-refractivity contribution in [1.29, 1.82) is 0 Å². The molecule has 0 spiro atoms. The van der Waals surface area contributed by atoms with Gasteiger partial charge in [-0.1, -0.05) is 48.0 Å². The lowest BCUT2D eigenvalue weighted by Gasteiger charge is -2.11. The van der Waals surface area contributed by atoms with Crippen LogP contribution in [0.5, 0.6) is 11.5 Å². The Morgan fingerprint density at radius 2 is 1.76 bits per heavy atom. The number of hydrazone groups is 1. The van der Waals surface area contributed by atoms with Gasteiger partial charge in [0.1, 0.15) is 6.61 Å². The number of carbonyl (C=O) groups is 1. The largest absolute Gasteiger partial charge is 0.493 e. The Bertz CT molecular complexity index is 1010. The second-order valence-corrected chi connectivity index (χ2v) is 6.70. The molecule has 0 bridgehead atoms. The predicted molar refractivity (Wildman–Crippen MR) is 115 cm³/mol. The molecule has 1 amide bonds. The molecule has 0 aliphatic heterocycles. The summed E-state index contributed by atoms with van der Waals surface area (Å²) in [6.45, 7) is 4.40. The van der Waals surface area contributed by atoms with Gasteiger partial charge >= 0.3 is 0 Å². The molecule has 3 aromatic carbocycles. The molecule has 0 saturated carbocycles. The fourth-order valence-electron chi connectivity index (χ4n) is 2.78. The van der Waals surface area contributed by atoms with E-state index in [2.05, 4.69) is 29.6 Å². The third-order valence-electron chi connectivity index (χ3n) is 4.47. The summed E-state index contributed by atoms with van der Waals surface area (Å²) in [6, 6.07) is 21.1. The molecule has 5 heteroatoms. The van der Waals surface area contributed by atoms with Crippen molar-refractivity contribution in [2.45, 2.75) is 20.5 Å². The zero-order valence-electron chi connectivity index (χ0n) is 16.8. The van der Waals surface area contributed by atoms with Gasteiger partial charge in [0.05, 0.1) is 13.3 Å². The molecule has 0 radical (unpaired) electrons. The minimum Gasteiger partial charge on any atom is -0.493 e. The Kier molecular flexibility index (Phi) is 6.63. The van der Waals surface area contributed by atoms with Crippen molar-refractivity contribution in [2.75, 3.05) is 7.11 Å². The maximum absolute atomic E-state index is 12.2. The Morgan fingerprint density at radius 1 is 1.00 bits per heavy atom. The van der Waals surface area contributed by atoms with E-state index < -0.39 is 0 Å². The molecule has 0 heterocycles. The second kappa shape index (κ2) is 9.55. The van der Waals surface area contributed by atoms with Crippen molar-refractivity contribution in [3.63, 3.8) is 0 Å². The van der Waals surface area contributed by atoms with Crippen LogP contribution in [-0.4, -0.2) is 19.2 Å². The number of rotatable bonds is 7. The third-order valence-corrected chi connectivity index (χ3v) is 4.47. The maximum Gasteiger partial charge on any atom is 0.271 e. The summed E-state index contributed by atoms with van der Waals surface area (Å²) in [7, 11) is 1.59. The number of hydrogen-bond donors (Lipinski definition) is 1. The average Bonchev–Trinajstić information content (AvgIpc) is 2.74. The number of aryl methyl sites for hydroxylation is 2. The molecule has 5 nitrogen and oxygen atoms in total. The Labute approximate surface area is 171 Å². The van der Waals surface area contributed by atoms with Gasteiger partial charge in [0.25, 0.3) is 5.91 Å². The fourth-order valence-corrected chi connectivity index (χ4v) is 2.78. The molecular weight excluding hydrogens is 364 g/mol. The number of methoxy groups -OCH3 is 1. The summed E-state index contributed by atoms with van der Waals surface area (Å²) >= 11 is 0. The molecule has 0 atom stereocenters. The highest BCUT2D eigenvalue weighted by Gasteiger charge is 2.08. The first-order valence-electron chi connectivity index (χ1n) is 9.32. The first-order valence-corrected chi connectivity index (χ1v) is 9.32. The van der Waals surface area contributed by atoms with E-state index in [1.807, 2.05) is 55.5 Å². The molecule has 0 aliphatic carbocycles. The predicted octanol–water partition coefficient (Wildman–Crippen LogP) is 4.65. The van der Waals surface area contributed by atoms with Crippen molar-refractivity contribution in [1.82, 2.24) is 5.43 Å². The van der Waals surface area contributed by atoms with E-state index >= 15 is 0 Å². The minimum absolute atomic E-state index is 0.246. The summed E-state index contributed by atoms with van der Waals surface area (Å²) in [5.74, 6) is 1.00. The number of nitrogens with zero attached hydrogens (tertiary/aromatic N) is 1. The normalized spacial score (nSPS) is 10.7. The lowest BCUT2D eigenvalue weighted by molar-refractivity contribution is 0.0954. The summed E-state index contributed by atoms with van der Waals surface area (Å²) in [5, 5.41) is 4.04. The van der Waals surface area contributed by atoms with Crippen LogP contribution in [0, 0.1) is 13.8 Å². The van der Waals surface area contributed by atoms with E-state index in [4.69, 9.17) is 9.47 Å². The van der Waals surface area contributed by atoms with Crippen LogP contribution >= 0.6 is 0 Å². The van der Waals surface area contributed by atoms with Gasteiger partial charge in [-0.05, 0) is 54.8 Å². The van der Waals surface area contributed by atoms with Crippen LogP contribution in [0.4, 0.5) is 0 Å².